The third kappa shape index (κ3) is 5.80. The van der Waals surface area contributed by atoms with Gasteiger partial charge in [0.1, 0.15) is 11.6 Å². The van der Waals surface area contributed by atoms with Crippen molar-refractivity contribution in [2.45, 2.75) is 56.5 Å². The highest BCUT2D eigenvalue weighted by atomic mass is 19.4. The summed E-state index contributed by atoms with van der Waals surface area (Å²) >= 11 is 0. The molecule has 1 aliphatic carbocycles. The van der Waals surface area contributed by atoms with Crippen molar-refractivity contribution in [3.8, 4) is 5.75 Å². The fourth-order valence-electron chi connectivity index (χ4n) is 4.19. The van der Waals surface area contributed by atoms with Gasteiger partial charge in [0, 0.05) is 6.04 Å². The number of aliphatic hydroxyl groups excluding tert-OH is 1. The lowest BCUT2D eigenvalue weighted by Crippen LogP contribution is -2.45. The minimum atomic E-state index is -4.46. The van der Waals surface area contributed by atoms with E-state index in [0.717, 1.165) is 17.7 Å². The molecular weight excluding hydrogens is 449 g/mol. The minimum absolute atomic E-state index is 0.0462. The molecular formula is C24H27F3N4O3. The van der Waals surface area contributed by atoms with E-state index in [1.165, 1.54) is 6.07 Å². The van der Waals surface area contributed by atoms with E-state index in [-0.39, 0.29) is 17.7 Å². The first-order chi connectivity index (χ1) is 16.2. The number of methoxy groups -OCH3 is 1. The van der Waals surface area contributed by atoms with Crippen LogP contribution in [0, 0.1) is 0 Å². The zero-order valence-electron chi connectivity index (χ0n) is 18.7. The number of amides is 2. The first-order valence-electron chi connectivity index (χ1n) is 11.2. The van der Waals surface area contributed by atoms with E-state index in [2.05, 4.69) is 20.6 Å². The molecule has 34 heavy (non-hydrogen) atoms. The molecule has 1 atom stereocenters. The maximum absolute atomic E-state index is 13.1. The molecule has 1 heterocycles. The van der Waals surface area contributed by atoms with Crippen molar-refractivity contribution in [1.29, 1.82) is 0 Å². The van der Waals surface area contributed by atoms with Gasteiger partial charge in [-0.1, -0.05) is 12.1 Å². The molecule has 4 N–H and O–H groups in total. The van der Waals surface area contributed by atoms with Gasteiger partial charge in [0.05, 0.1) is 35.9 Å². The topological polar surface area (TPSA) is 99.3 Å². The Balaban J connectivity index is 1.56. The molecule has 0 spiro atoms. The molecule has 4 rings (SSSR count). The Bertz CT molecular complexity index is 1120. The van der Waals surface area contributed by atoms with E-state index in [9.17, 15) is 23.1 Å². The summed E-state index contributed by atoms with van der Waals surface area (Å²) in [4.78, 5) is 20.2. The second-order valence-corrected chi connectivity index (χ2v) is 8.58. The lowest BCUT2D eigenvalue weighted by Gasteiger charge is -2.27. The van der Waals surface area contributed by atoms with Crippen molar-refractivity contribution >= 4 is 17.1 Å². The zero-order valence-corrected chi connectivity index (χ0v) is 18.7. The van der Waals surface area contributed by atoms with Gasteiger partial charge in [-0.05, 0) is 68.0 Å². The van der Waals surface area contributed by atoms with Crippen LogP contribution >= 0.6 is 0 Å². The number of alkyl halides is 3. The predicted molar refractivity (Wildman–Crippen MR) is 120 cm³/mol. The summed E-state index contributed by atoms with van der Waals surface area (Å²) in [6.45, 7) is 0. The number of benzene rings is 2. The Morgan fingerprint density at radius 2 is 1.88 bits per heavy atom. The molecule has 1 saturated carbocycles. The van der Waals surface area contributed by atoms with Gasteiger partial charge in [-0.15, -0.1) is 0 Å². The lowest BCUT2D eigenvalue weighted by molar-refractivity contribution is -0.137. The number of hydrogen-bond donors (Lipinski definition) is 4. The second-order valence-electron chi connectivity index (χ2n) is 8.58. The number of carbonyl (C=O) groups excluding carboxylic acids is 1. The van der Waals surface area contributed by atoms with Crippen LogP contribution in [0.4, 0.5) is 18.0 Å². The molecule has 10 heteroatoms. The van der Waals surface area contributed by atoms with Crippen LogP contribution in [-0.2, 0) is 12.6 Å². The van der Waals surface area contributed by atoms with Crippen LogP contribution in [0.15, 0.2) is 42.5 Å². The summed E-state index contributed by atoms with van der Waals surface area (Å²) in [6.07, 6.45) is -1.80. The number of ether oxygens (including phenoxy) is 1. The number of hydrogen-bond acceptors (Lipinski definition) is 4. The molecule has 1 unspecified atom stereocenters. The smallest absolute Gasteiger partial charge is 0.416 e. The number of halogens is 3. The van der Waals surface area contributed by atoms with Crippen molar-refractivity contribution in [2.75, 3.05) is 7.11 Å². The van der Waals surface area contributed by atoms with Crippen molar-refractivity contribution in [1.82, 2.24) is 20.6 Å². The summed E-state index contributed by atoms with van der Waals surface area (Å²) < 4.78 is 44.6. The van der Waals surface area contributed by atoms with E-state index < -0.39 is 23.8 Å². The number of nitrogens with zero attached hydrogens (tertiary/aromatic N) is 1. The number of H-pyrrole nitrogens is 1. The molecule has 0 bridgehead atoms. The molecule has 0 radical (unpaired) electrons. The standard InChI is InChI=1S/C24H27F3N4O3/c1-34-18-9-2-14(3-10-18)12-21(31-23(33)28-16-5-7-17(32)8-6-16)22-29-19-11-4-15(24(25,26)27)13-20(19)30-22/h2-4,9-11,13,16-17,21,32H,5-8,12H2,1H3,(H,29,30)(H2,28,31,33). The summed E-state index contributed by atoms with van der Waals surface area (Å²) in [5.41, 5.74) is 0.745. The molecule has 3 aromatic rings. The summed E-state index contributed by atoms with van der Waals surface area (Å²) in [7, 11) is 1.57. The van der Waals surface area contributed by atoms with Crippen LogP contribution in [0.25, 0.3) is 11.0 Å². The zero-order chi connectivity index (χ0) is 24.3. The van der Waals surface area contributed by atoms with Crippen molar-refractivity contribution in [3.05, 3.63) is 59.4 Å². The number of nitrogens with one attached hydrogen (secondary N) is 3. The second kappa shape index (κ2) is 9.92. The largest absolute Gasteiger partial charge is 0.497 e. The maximum atomic E-state index is 13.1. The lowest BCUT2D eigenvalue weighted by atomic mass is 9.93. The number of carbonyl (C=O) groups is 1. The molecule has 2 aromatic carbocycles. The van der Waals surface area contributed by atoms with E-state index in [1.807, 2.05) is 12.1 Å². The average Bonchev–Trinajstić information content (AvgIpc) is 3.23. The minimum Gasteiger partial charge on any atom is -0.497 e. The Labute approximate surface area is 194 Å². The highest BCUT2D eigenvalue weighted by molar-refractivity contribution is 5.77. The van der Waals surface area contributed by atoms with Crippen LogP contribution in [0.5, 0.6) is 5.75 Å². The van der Waals surface area contributed by atoms with Gasteiger partial charge in [-0.25, -0.2) is 9.78 Å². The van der Waals surface area contributed by atoms with Crippen LogP contribution in [0.1, 0.15) is 48.7 Å². The number of urea groups is 1. The number of aromatic nitrogens is 2. The van der Waals surface area contributed by atoms with Gasteiger partial charge in [-0.2, -0.15) is 13.2 Å². The molecule has 1 aromatic heterocycles. The Kier molecular flexibility index (Phi) is 6.97. The molecule has 7 nitrogen and oxygen atoms in total. The maximum Gasteiger partial charge on any atom is 0.416 e. The molecule has 1 fully saturated rings. The van der Waals surface area contributed by atoms with Gasteiger partial charge < -0.3 is 25.5 Å². The monoisotopic (exact) mass is 476 g/mol. The van der Waals surface area contributed by atoms with Gasteiger partial charge in [-0.3, -0.25) is 0 Å². The van der Waals surface area contributed by atoms with Gasteiger partial charge in [0.15, 0.2) is 0 Å². The van der Waals surface area contributed by atoms with Crippen LogP contribution in [0.3, 0.4) is 0 Å². The van der Waals surface area contributed by atoms with Crippen LogP contribution in [0.2, 0.25) is 0 Å². The highest BCUT2D eigenvalue weighted by Crippen LogP contribution is 2.31. The van der Waals surface area contributed by atoms with Crippen molar-refractivity contribution in [3.63, 3.8) is 0 Å². The number of aromatic amines is 1. The predicted octanol–water partition coefficient (Wildman–Crippen LogP) is 4.48. The molecule has 0 saturated heterocycles. The number of fused-ring (bicyclic) bond motifs is 1. The molecule has 0 aliphatic heterocycles. The summed E-state index contributed by atoms with van der Waals surface area (Å²) in [5.74, 6) is 1.05. The number of aliphatic hydroxyl groups is 1. The van der Waals surface area contributed by atoms with Crippen molar-refractivity contribution < 1.29 is 27.8 Å². The Morgan fingerprint density at radius 3 is 2.53 bits per heavy atom. The summed E-state index contributed by atoms with van der Waals surface area (Å²) in [5, 5.41) is 15.5. The third-order valence-electron chi connectivity index (χ3n) is 6.09. The average molecular weight is 476 g/mol. The first kappa shape index (κ1) is 23.9. The molecule has 1 aliphatic rings. The summed E-state index contributed by atoms with van der Waals surface area (Å²) in [6, 6.07) is 9.59. The van der Waals surface area contributed by atoms with Crippen LogP contribution < -0.4 is 15.4 Å². The van der Waals surface area contributed by atoms with Gasteiger partial charge in [0.2, 0.25) is 0 Å². The van der Waals surface area contributed by atoms with Crippen molar-refractivity contribution in [2.24, 2.45) is 0 Å². The number of imidazole rings is 1. The fourth-order valence-corrected chi connectivity index (χ4v) is 4.19. The van der Waals surface area contributed by atoms with Crippen LogP contribution in [-0.4, -0.2) is 40.4 Å². The van der Waals surface area contributed by atoms with E-state index in [0.29, 0.717) is 49.2 Å². The van der Waals surface area contributed by atoms with E-state index in [4.69, 9.17) is 4.74 Å². The van der Waals surface area contributed by atoms with Gasteiger partial charge >= 0.3 is 12.2 Å². The van der Waals surface area contributed by atoms with E-state index >= 15 is 0 Å². The fraction of sp³-hybridized carbons (Fsp3) is 0.417. The van der Waals surface area contributed by atoms with E-state index in [1.54, 1.807) is 19.2 Å². The Morgan fingerprint density at radius 1 is 1.18 bits per heavy atom. The van der Waals surface area contributed by atoms with Gasteiger partial charge in [0.25, 0.3) is 0 Å². The molecule has 182 valence electrons. The molecule has 2 amide bonds. The normalized spacial score (nSPS) is 19.6. The Hall–Kier alpha value is -3.27. The first-order valence-corrected chi connectivity index (χ1v) is 11.2. The quantitative estimate of drug-likeness (QED) is 0.422. The number of rotatable bonds is 6. The third-order valence-corrected chi connectivity index (χ3v) is 6.09. The SMILES string of the molecule is COc1ccc(CC(NC(=O)NC2CCC(O)CC2)c2nc3ccc(C(F)(F)F)cc3[nH]2)cc1. The highest BCUT2D eigenvalue weighted by Gasteiger charge is 2.31.